The second kappa shape index (κ2) is 7.71. The third kappa shape index (κ3) is 4.06. The summed E-state index contributed by atoms with van der Waals surface area (Å²) in [6.07, 6.45) is 1.41. The minimum atomic E-state index is -0.725. The number of amides is 1. The molecule has 0 spiro atoms. The van der Waals surface area contributed by atoms with Gasteiger partial charge in [-0.2, -0.15) is 0 Å². The molecule has 0 bridgehead atoms. The molecular formula is C19H20FN3O4. The third-order valence-corrected chi connectivity index (χ3v) is 5.00. The van der Waals surface area contributed by atoms with Crippen molar-refractivity contribution in [1.29, 1.82) is 0 Å². The van der Waals surface area contributed by atoms with Gasteiger partial charge in [-0.1, -0.05) is 12.1 Å². The van der Waals surface area contributed by atoms with Crippen molar-refractivity contribution in [2.45, 2.75) is 18.3 Å². The van der Waals surface area contributed by atoms with E-state index in [0.717, 1.165) is 5.56 Å². The lowest BCUT2D eigenvalue weighted by atomic mass is 9.74. The summed E-state index contributed by atoms with van der Waals surface area (Å²) in [5.41, 5.74) is 5.99. The molecule has 8 heteroatoms. The van der Waals surface area contributed by atoms with Gasteiger partial charge in [0.15, 0.2) is 0 Å². The molecule has 2 aromatic carbocycles. The molecule has 0 saturated carbocycles. The molecule has 1 aliphatic heterocycles. The number of nitrogens with two attached hydrogens (primary N) is 1. The van der Waals surface area contributed by atoms with Crippen LogP contribution in [0.4, 0.5) is 15.8 Å². The zero-order valence-electron chi connectivity index (χ0n) is 14.6. The summed E-state index contributed by atoms with van der Waals surface area (Å²) in [6, 6.07) is 10.4. The average molecular weight is 373 g/mol. The third-order valence-electron chi connectivity index (χ3n) is 5.00. The fourth-order valence-corrected chi connectivity index (χ4v) is 3.38. The zero-order chi connectivity index (χ0) is 19.4. The summed E-state index contributed by atoms with van der Waals surface area (Å²) in [5, 5.41) is 14.5. The van der Waals surface area contributed by atoms with Crippen LogP contribution in [0.5, 0.6) is 0 Å². The molecule has 0 aromatic heterocycles. The van der Waals surface area contributed by atoms with Crippen LogP contribution in [0.2, 0.25) is 0 Å². The van der Waals surface area contributed by atoms with Crippen molar-refractivity contribution >= 4 is 17.3 Å². The predicted octanol–water partition coefficient (Wildman–Crippen LogP) is 2.99. The van der Waals surface area contributed by atoms with Gasteiger partial charge < -0.3 is 15.8 Å². The molecule has 1 fully saturated rings. The van der Waals surface area contributed by atoms with Gasteiger partial charge in [0, 0.05) is 36.8 Å². The number of nitrogens with one attached hydrogen (secondary N) is 1. The Morgan fingerprint density at radius 3 is 2.48 bits per heavy atom. The highest BCUT2D eigenvalue weighted by Crippen LogP contribution is 2.36. The number of hydrogen-bond donors (Lipinski definition) is 2. The predicted molar refractivity (Wildman–Crippen MR) is 98.2 cm³/mol. The first kappa shape index (κ1) is 18.8. The molecule has 27 heavy (non-hydrogen) atoms. The summed E-state index contributed by atoms with van der Waals surface area (Å²) < 4.78 is 18.8. The van der Waals surface area contributed by atoms with E-state index in [-0.39, 0.29) is 22.5 Å². The number of nitrogens with zero attached hydrogens (tertiary/aromatic N) is 1. The fourth-order valence-electron chi connectivity index (χ4n) is 3.38. The molecule has 1 saturated heterocycles. The van der Waals surface area contributed by atoms with Crippen molar-refractivity contribution in [3.8, 4) is 0 Å². The summed E-state index contributed by atoms with van der Waals surface area (Å²) in [4.78, 5) is 22.1. The Morgan fingerprint density at radius 1 is 1.22 bits per heavy atom. The van der Waals surface area contributed by atoms with Crippen LogP contribution in [0.3, 0.4) is 0 Å². The molecular weight excluding hydrogens is 353 g/mol. The number of rotatable bonds is 6. The lowest BCUT2D eigenvalue weighted by Gasteiger charge is -2.38. The molecule has 1 aliphatic rings. The van der Waals surface area contributed by atoms with Crippen molar-refractivity contribution < 1.29 is 18.8 Å². The fraction of sp³-hybridized carbons (Fsp3) is 0.316. The number of primary amides is 1. The van der Waals surface area contributed by atoms with E-state index in [2.05, 4.69) is 5.32 Å². The van der Waals surface area contributed by atoms with Crippen LogP contribution in [0.1, 0.15) is 28.8 Å². The summed E-state index contributed by atoms with van der Waals surface area (Å²) in [6.45, 7) is 1.53. The normalized spacial score (nSPS) is 15.9. The summed E-state index contributed by atoms with van der Waals surface area (Å²) in [7, 11) is 0. The first-order valence-electron chi connectivity index (χ1n) is 8.57. The topological polar surface area (TPSA) is 107 Å². The van der Waals surface area contributed by atoms with Gasteiger partial charge in [0.05, 0.1) is 4.92 Å². The van der Waals surface area contributed by atoms with Crippen molar-refractivity contribution in [2.75, 3.05) is 25.1 Å². The molecule has 0 radical (unpaired) electrons. The number of halogens is 1. The standard InChI is InChI=1S/C19H20FN3O4/c20-15-4-2-14(3-5-15)19(7-9-27-10-8-19)12-22-16-6-1-13(18(21)24)11-17(16)23(25)26/h1-6,11,22H,7-10,12H2,(H2,21,24). The maximum Gasteiger partial charge on any atom is 0.293 e. The van der Waals surface area contributed by atoms with Crippen LogP contribution < -0.4 is 11.1 Å². The van der Waals surface area contributed by atoms with Gasteiger partial charge in [-0.25, -0.2) is 4.39 Å². The SMILES string of the molecule is NC(=O)c1ccc(NCC2(c3ccc(F)cc3)CCOCC2)c([N+](=O)[O-])c1. The molecule has 142 valence electrons. The molecule has 1 heterocycles. The van der Waals surface area contributed by atoms with Gasteiger partial charge in [0.1, 0.15) is 11.5 Å². The average Bonchev–Trinajstić information content (AvgIpc) is 2.67. The first-order valence-corrected chi connectivity index (χ1v) is 8.57. The van der Waals surface area contributed by atoms with Gasteiger partial charge in [-0.15, -0.1) is 0 Å². The Bertz CT molecular complexity index is 849. The minimum absolute atomic E-state index is 0.0755. The smallest absolute Gasteiger partial charge is 0.293 e. The number of hydrogen-bond acceptors (Lipinski definition) is 5. The van der Waals surface area contributed by atoms with E-state index in [1.54, 1.807) is 12.1 Å². The van der Waals surface area contributed by atoms with Crippen molar-refractivity contribution in [3.05, 3.63) is 69.5 Å². The highest BCUT2D eigenvalue weighted by Gasteiger charge is 2.35. The van der Waals surface area contributed by atoms with Gasteiger partial charge in [0.25, 0.3) is 5.69 Å². The molecule has 3 rings (SSSR count). The number of benzene rings is 2. The Labute approximate surface area is 155 Å². The summed E-state index contributed by atoms with van der Waals surface area (Å²) >= 11 is 0. The van der Waals surface area contributed by atoms with E-state index in [9.17, 15) is 19.3 Å². The van der Waals surface area contributed by atoms with Crippen LogP contribution in [0, 0.1) is 15.9 Å². The first-order chi connectivity index (χ1) is 12.9. The van der Waals surface area contributed by atoms with Crippen LogP contribution in [-0.2, 0) is 10.2 Å². The van der Waals surface area contributed by atoms with E-state index in [0.29, 0.717) is 38.3 Å². The van der Waals surface area contributed by atoms with E-state index in [1.807, 2.05) is 0 Å². The largest absolute Gasteiger partial charge is 0.381 e. The lowest BCUT2D eigenvalue weighted by Crippen LogP contribution is -2.40. The van der Waals surface area contributed by atoms with Crippen LogP contribution in [0.15, 0.2) is 42.5 Å². The number of carbonyl (C=O) groups excluding carboxylic acids is 1. The second-order valence-corrected chi connectivity index (χ2v) is 6.61. The molecule has 2 aromatic rings. The lowest BCUT2D eigenvalue weighted by molar-refractivity contribution is -0.384. The molecule has 1 amide bonds. The summed E-state index contributed by atoms with van der Waals surface area (Å²) in [5.74, 6) is -1.04. The van der Waals surface area contributed by atoms with Crippen LogP contribution in [0.25, 0.3) is 0 Å². The number of nitro groups is 1. The number of anilines is 1. The number of carbonyl (C=O) groups is 1. The highest BCUT2D eigenvalue weighted by atomic mass is 19.1. The van der Waals surface area contributed by atoms with Crippen LogP contribution >= 0.6 is 0 Å². The Morgan fingerprint density at radius 2 is 1.89 bits per heavy atom. The van der Waals surface area contributed by atoms with Crippen molar-refractivity contribution in [2.24, 2.45) is 5.73 Å². The molecule has 0 atom stereocenters. The molecule has 3 N–H and O–H groups in total. The number of ether oxygens (including phenoxy) is 1. The van der Waals surface area contributed by atoms with Gasteiger partial charge in [-0.05, 0) is 42.7 Å². The van der Waals surface area contributed by atoms with Crippen molar-refractivity contribution in [3.63, 3.8) is 0 Å². The van der Waals surface area contributed by atoms with Gasteiger partial charge in [-0.3, -0.25) is 14.9 Å². The van der Waals surface area contributed by atoms with E-state index in [1.165, 1.54) is 30.3 Å². The van der Waals surface area contributed by atoms with E-state index < -0.39 is 10.8 Å². The maximum absolute atomic E-state index is 13.3. The van der Waals surface area contributed by atoms with Gasteiger partial charge in [0.2, 0.25) is 5.91 Å². The maximum atomic E-state index is 13.3. The Balaban J connectivity index is 1.89. The Kier molecular flexibility index (Phi) is 5.36. The van der Waals surface area contributed by atoms with Gasteiger partial charge >= 0.3 is 0 Å². The Hall–Kier alpha value is -3.00. The molecule has 0 aliphatic carbocycles. The van der Waals surface area contributed by atoms with Crippen LogP contribution in [-0.4, -0.2) is 30.6 Å². The molecule has 7 nitrogen and oxygen atoms in total. The minimum Gasteiger partial charge on any atom is -0.381 e. The van der Waals surface area contributed by atoms with Crippen molar-refractivity contribution in [1.82, 2.24) is 0 Å². The monoisotopic (exact) mass is 373 g/mol. The second-order valence-electron chi connectivity index (χ2n) is 6.61. The zero-order valence-corrected chi connectivity index (χ0v) is 14.6. The molecule has 0 unspecified atom stereocenters. The number of nitro benzene ring substituents is 1. The van der Waals surface area contributed by atoms with E-state index >= 15 is 0 Å². The van der Waals surface area contributed by atoms with E-state index in [4.69, 9.17) is 10.5 Å². The quantitative estimate of drug-likeness (QED) is 0.598. The highest BCUT2D eigenvalue weighted by molar-refractivity contribution is 5.94.